The molecule has 8 heteroatoms. The van der Waals surface area contributed by atoms with Gasteiger partial charge in [-0.15, -0.1) is 11.8 Å². The van der Waals surface area contributed by atoms with Crippen LogP contribution in [0.2, 0.25) is 0 Å². The fraction of sp³-hybridized carbons (Fsp3) is 0.130. The zero-order valence-corrected chi connectivity index (χ0v) is 17.1. The Morgan fingerprint density at radius 2 is 2.03 bits per heavy atom. The van der Waals surface area contributed by atoms with Gasteiger partial charge in [0.15, 0.2) is 0 Å². The SMILES string of the molecule is Cc1cc(F)c(C#N)cc1C1=CC2NC(=O)N(c3cncc4ccccc34)C(=O)C2S1. The van der Waals surface area contributed by atoms with Gasteiger partial charge in [-0.3, -0.25) is 9.78 Å². The molecule has 2 unspecified atom stereocenters. The van der Waals surface area contributed by atoms with Crippen molar-refractivity contribution in [1.82, 2.24) is 10.3 Å². The predicted octanol–water partition coefficient (Wildman–Crippen LogP) is 4.14. The minimum atomic E-state index is -0.580. The number of nitrogens with zero attached hydrogens (tertiary/aromatic N) is 3. The summed E-state index contributed by atoms with van der Waals surface area (Å²) in [6.07, 6.45) is 4.99. The number of pyridine rings is 1. The number of carbonyl (C=O) groups is 2. The van der Waals surface area contributed by atoms with E-state index in [0.717, 1.165) is 20.6 Å². The summed E-state index contributed by atoms with van der Waals surface area (Å²) in [4.78, 5) is 32.3. The molecule has 2 atom stereocenters. The van der Waals surface area contributed by atoms with Gasteiger partial charge in [0.1, 0.15) is 17.1 Å². The first-order valence-corrected chi connectivity index (χ1v) is 10.4. The van der Waals surface area contributed by atoms with Gasteiger partial charge in [-0.05, 0) is 36.3 Å². The lowest BCUT2D eigenvalue weighted by Gasteiger charge is -2.33. The number of anilines is 1. The zero-order valence-electron chi connectivity index (χ0n) is 16.3. The van der Waals surface area contributed by atoms with Gasteiger partial charge in [-0.1, -0.05) is 24.3 Å². The van der Waals surface area contributed by atoms with Gasteiger partial charge in [0.25, 0.3) is 5.91 Å². The molecule has 1 saturated heterocycles. The molecule has 2 aromatic carbocycles. The number of thioether (sulfide) groups is 1. The van der Waals surface area contributed by atoms with Crippen LogP contribution in [-0.4, -0.2) is 28.2 Å². The molecule has 0 spiro atoms. The number of aromatic nitrogens is 1. The molecule has 6 nitrogen and oxygen atoms in total. The van der Waals surface area contributed by atoms with Crippen molar-refractivity contribution < 1.29 is 14.0 Å². The van der Waals surface area contributed by atoms with E-state index < -0.39 is 23.1 Å². The van der Waals surface area contributed by atoms with Gasteiger partial charge in [-0.2, -0.15) is 5.26 Å². The molecular weight excluding hydrogens is 415 g/mol. The van der Waals surface area contributed by atoms with E-state index in [0.29, 0.717) is 16.8 Å². The lowest BCUT2D eigenvalue weighted by Crippen LogP contribution is -2.60. The summed E-state index contributed by atoms with van der Waals surface area (Å²) in [5.74, 6) is -0.924. The van der Waals surface area contributed by atoms with E-state index in [-0.39, 0.29) is 11.5 Å². The molecule has 3 amide bonds. The molecular formula is C23H15FN4O2S. The third kappa shape index (κ3) is 3.05. The van der Waals surface area contributed by atoms with E-state index in [4.69, 9.17) is 5.26 Å². The number of rotatable bonds is 2. The first-order chi connectivity index (χ1) is 15.0. The largest absolute Gasteiger partial charge is 0.329 e. The number of halogens is 1. The quantitative estimate of drug-likeness (QED) is 0.661. The topological polar surface area (TPSA) is 86.1 Å². The molecule has 5 rings (SSSR count). The molecule has 0 aliphatic carbocycles. The minimum Gasteiger partial charge on any atom is -0.329 e. The Labute approximate surface area is 181 Å². The van der Waals surface area contributed by atoms with Crippen molar-refractivity contribution in [3.63, 3.8) is 0 Å². The van der Waals surface area contributed by atoms with Gasteiger partial charge in [0.2, 0.25) is 0 Å². The van der Waals surface area contributed by atoms with Crippen LogP contribution in [0.25, 0.3) is 15.7 Å². The number of aryl methyl sites for hydroxylation is 1. The van der Waals surface area contributed by atoms with Crippen molar-refractivity contribution in [3.8, 4) is 6.07 Å². The number of hydrogen-bond donors (Lipinski definition) is 1. The van der Waals surface area contributed by atoms with Crippen LogP contribution in [0.15, 0.2) is 54.9 Å². The average Bonchev–Trinajstić information content (AvgIpc) is 3.18. The molecule has 0 saturated carbocycles. The van der Waals surface area contributed by atoms with Crippen molar-refractivity contribution in [1.29, 1.82) is 5.26 Å². The number of nitriles is 1. The number of fused-ring (bicyclic) bond motifs is 2. The lowest BCUT2D eigenvalue weighted by atomic mass is 10.0. The van der Waals surface area contributed by atoms with Crippen LogP contribution in [0.4, 0.5) is 14.9 Å². The third-order valence-electron chi connectivity index (χ3n) is 5.46. The molecule has 2 aliphatic heterocycles. The summed E-state index contributed by atoms with van der Waals surface area (Å²) in [6, 6.07) is 11.1. The van der Waals surface area contributed by atoms with Gasteiger partial charge < -0.3 is 5.32 Å². The predicted molar refractivity (Wildman–Crippen MR) is 117 cm³/mol. The molecule has 2 aliphatic rings. The number of imide groups is 1. The van der Waals surface area contributed by atoms with Gasteiger partial charge in [0.05, 0.1) is 23.5 Å². The Balaban J connectivity index is 1.51. The number of nitrogens with one attached hydrogen (secondary N) is 1. The highest BCUT2D eigenvalue weighted by Crippen LogP contribution is 2.44. The van der Waals surface area contributed by atoms with E-state index in [1.165, 1.54) is 30.1 Å². The Hall–Kier alpha value is -3.70. The lowest BCUT2D eigenvalue weighted by molar-refractivity contribution is -0.118. The Kier molecular flexibility index (Phi) is 4.49. The fourth-order valence-electron chi connectivity index (χ4n) is 3.94. The molecule has 0 radical (unpaired) electrons. The number of amides is 3. The molecule has 3 aromatic rings. The van der Waals surface area contributed by atoms with Gasteiger partial charge in [0, 0.05) is 21.9 Å². The first-order valence-electron chi connectivity index (χ1n) is 9.54. The second-order valence-corrected chi connectivity index (χ2v) is 8.54. The van der Waals surface area contributed by atoms with Gasteiger partial charge >= 0.3 is 6.03 Å². The van der Waals surface area contributed by atoms with Crippen LogP contribution in [0.1, 0.15) is 16.7 Å². The molecule has 1 aromatic heterocycles. The fourth-order valence-corrected chi connectivity index (χ4v) is 5.28. The monoisotopic (exact) mass is 430 g/mol. The van der Waals surface area contributed by atoms with Crippen LogP contribution in [0.5, 0.6) is 0 Å². The highest BCUT2D eigenvalue weighted by atomic mass is 32.2. The number of carbonyl (C=O) groups excluding carboxylic acids is 2. The van der Waals surface area contributed by atoms with Crippen LogP contribution in [0, 0.1) is 24.1 Å². The van der Waals surface area contributed by atoms with Gasteiger partial charge in [-0.25, -0.2) is 14.1 Å². The Bertz CT molecular complexity index is 1340. The van der Waals surface area contributed by atoms with E-state index >= 15 is 0 Å². The van der Waals surface area contributed by atoms with E-state index in [9.17, 15) is 14.0 Å². The number of urea groups is 1. The second kappa shape index (κ2) is 7.22. The first kappa shape index (κ1) is 19.3. The summed E-state index contributed by atoms with van der Waals surface area (Å²) in [6.45, 7) is 1.75. The molecule has 3 heterocycles. The highest BCUT2D eigenvalue weighted by molar-refractivity contribution is 8.09. The number of hydrogen-bond acceptors (Lipinski definition) is 5. The second-order valence-electron chi connectivity index (χ2n) is 7.36. The number of benzene rings is 2. The van der Waals surface area contributed by atoms with E-state index in [1.807, 2.05) is 30.3 Å². The van der Waals surface area contributed by atoms with Crippen molar-refractivity contribution in [3.05, 3.63) is 77.4 Å². The van der Waals surface area contributed by atoms with E-state index in [1.54, 1.807) is 19.2 Å². The Morgan fingerprint density at radius 1 is 1.23 bits per heavy atom. The van der Waals surface area contributed by atoms with Crippen LogP contribution in [-0.2, 0) is 4.79 Å². The normalized spacial score (nSPS) is 20.3. The summed E-state index contributed by atoms with van der Waals surface area (Å²) < 4.78 is 13.9. The molecule has 1 fully saturated rings. The zero-order chi connectivity index (χ0) is 21.7. The van der Waals surface area contributed by atoms with Crippen LogP contribution >= 0.6 is 11.8 Å². The van der Waals surface area contributed by atoms with E-state index in [2.05, 4.69) is 10.3 Å². The highest BCUT2D eigenvalue weighted by Gasteiger charge is 2.45. The van der Waals surface area contributed by atoms with Crippen molar-refractivity contribution in [2.75, 3.05) is 4.90 Å². The van der Waals surface area contributed by atoms with Crippen LogP contribution < -0.4 is 10.2 Å². The standard InChI is InChI=1S/C23H15FN4O2S/c1-12-6-17(24)14(9-25)7-16(12)20-8-18-21(31-20)22(29)28(23(30)27-18)19-11-26-10-13-4-2-3-5-15(13)19/h2-8,10-11,18,21H,1H3,(H,27,30). The van der Waals surface area contributed by atoms with Crippen molar-refractivity contribution >= 4 is 45.1 Å². The molecule has 0 bridgehead atoms. The summed E-state index contributed by atoms with van der Waals surface area (Å²) in [5, 5.41) is 13.1. The molecule has 152 valence electrons. The third-order valence-corrected chi connectivity index (χ3v) is 6.81. The molecule has 1 N–H and O–H groups in total. The summed E-state index contributed by atoms with van der Waals surface area (Å²) >= 11 is 1.30. The summed E-state index contributed by atoms with van der Waals surface area (Å²) in [7, 11) is 0. The average molecular weight is 430 g/mol. The van der Waals surface area contributed by atoms with Crippen LogP contribution in [0.3, 0.4) is 0 Å². The maximum Gasteiger partial charge on any atom is 0.329 e. The van der Waals surface area contributed by atoms with Crippen molar-refractivity contribution in [2.45, 2.75) is 18.2 Å². The maximum absolute atomic E-state index is 13.9. The van der Waals surface area contributed by atoms with Crippen molar-refractivity contribution in [2.24, 2.45) is 0 Å². The molecule has 31 heavy (non-hydrogen) atoms. The smallest absolute Gasteiger partial charge is 0.329 e. The maximum atomic E-state index is 13.9. The Morgan fingerprint density at radius 3 is 2.84 bits per heavy atom. The minimum absolute atomic E-state index is 0.0595. The summed E-state index contributed by atoms with van der Waals surface area (Å²) in [5.41, 5.74) is 1.70.